The Bertz CT molecular complexity index is 419. The van der Waals surface area contributed by atoms with Crippen LogP contribution in [-0.4, -0.2) is 24.2 Å². The molecular weight excluding hydrogens is 248 g/mol. The molecule has 1 fully saturated rings. The number of rotatable bonds is 6. The van der Waals surface area contributed by atoms with Gasteiger partial charge < -0.3 is 10.1 Å². The zero-order valence-electron chi connectivity index (χ0n) is 13.1. The van der Waals surface area contributed by atoms with Gasteiger partial charge in [0.15, 0.2) is 0 Å². The average molecular weight is 276 g/mol. The molecule has 2 atom stereocenters. The molecule has 112 valence electrons. The Labute approximate surface area is 123 Å². The lowest BCUT2D eigenvalue weighted by Gasteiger charge is -2.29. The van der Waals surface area contributed by atoms with Crippen molar-refractivity contribution in [3.05, 3.63) is 23.5 Å². The van der Waals surface area contributed by atoms with E-state index < -0.39 is 0 Å². The Morgan fingerprint density at radius 3 is 2.85 bits per heavy atom. The van der Waals surface area contributed by atoms with Gasteiger partial charge in [-0.3, -0.25) is 4.98 Å². The number of aromatic nitrogens is 1. The van der Waals surface area contributed by atoms with Crippen LogP contribution in [0.15, 0.2) is 12.1 Å². The van der Waals surface area contributed by atoms with E-state index in [0.29, 0.717) is 6.04 Å². The van der Waals surface area contributed by atoms with Crippen molar-refractivity contribution in [2.75, 3.05) is 13.2 Å². The van der Waals surface area contributed by atoms with Crippen LogP contribution in [0.4, 0.5) is 0 Å². The molecule has 1 aromatic heterocycles. The molecule has 3 heteroatoms. The van der Waals surface area contributed by atoms with Gasteiger partial charge in [-0.05, 0) is 44.2 Å². The van der Waals surface area contributed by atoms with Crippen LogP contribution in [0, 0.1) is 12.8 Å². The second kappa shape index (κ2) is 7.63. The number of pyridine rings is 1. The van der Waals surface area contributed by atoms with Crippen LogP contribution in [-0.2, 0) is 6.42 Å². The van der Waals surface area contributed by atoms with Crippen molar-refractivity contribution in [1.82, 2.24) is 10.3 Å². The fourth-order valence-electron chi connectivity index (χ4n) is 3.01. The summed E-state index contributed by atoms with van der Waals surface area (Å²) in [6.45, 7) is 8.15. The number of nitrogens with zero attached hydrogens (tertiary/aromatic N) is 1. The normalized spacial score (nSPS) is 22.8. The molecule has 2 rings (SSSR count). The summed E-state index contributed by atoms with van der Waals surface area (Å²) in [4.78, 5) is 4.53. The zero-order valence-corrected chi connectivity index (χ0v) is 13.1. The maximum atomic E-state index is 5.88. The van der Waals surface area contributed by atoms with E-state index in [0.717, 1.165) is 42.6 Å². The van der Waals surface area contributed by atoms with E-state index in [1.165, 1.54) is 25.7 Å². The number of aryl methyl sites for hydroxylation is 2. The van der Waals surface area contributed by atoms with E-state index in [9.17, 15) is 0 Å². The molecule has 1 heterocycles. The Kier molecular flexibility index (Phi) is 5.84. The molecule has 0 saturated heterocycles. The molecule has 0 spiro atoms. The summed E-state index contributed by atoms with van der Waals surface area (Å²) in [5.74, 6) is 1.74. The molecule has 2 unspecified atom stereocenters. The highest BCUT2D eigenvalue weighted by Gasteiger charge is 2.20. The minimum absolute atomic E-state index is 0.675. The zero-order chi connectivity index (χ0) is 14.4. The van der Waals surface area contributed by atoms with Gasteiger partial charge in [-0.25, -0.2) is 0 Å². The Hall–Kier alpha value is -1.09. The lowest BCUT2D eigenvalue weighted by molar-refractivity contribution is 0.250. The van der Waals surface area contributed by atoms with E-state index in [-0.39, 0.29) is 0 Å². The first-order valence-electron chi connectivity index (χ1n) is 8.03. The summed E-state index contributed by atoms with van der Waals surface area (Å²) in [5, 5.41) is 3.65. The predicted octanol–water partition coefficient (Wildman–Crippen LogP) is 3.50. The lowest BCUT2D eigenvalue weighted by Crippen LogP contribution is -2.39. The number of nitrogens with one attached hydrogen (secondary N) is 1. The van der Waals surface area contributed by atoms with Gasteiger partial charge in [0.2, 0.25) is 0 Å². The molecule has 1 aromatic rings. The summed E-state index contributed by atoms with van der Waals surface area (Å²) in [6, 6.07) is 4.74. The molecule has 1 saturated carbocycles. The second-order valence-corrected chi connectivity index (χ2v) is 5.92. The molecular formula is C17H28N2O. The molecule has 0 aromatic carbocycles. The first kappa shape index (κ1) is 15.3. The molecule has 0 radical (unpaired) electrons. The highest BCUT2D eigenvalue weighted by Crippen LogP contribution is 2.23. The summed E-state index contributed by atoms with van der Waals surface area (Å²) < 4.78 is 5.88. The summed E-state index contributed by atoms with van der Waals surface area (Å²) >= 11 is 0. The van der Waals surface area contributed by atoms with Crippen LogP contribution in [0.2, 0.25) is 0 Å². The molecule has 0 bridgehead atoms. The van der Waals surface area contributed by atoms with Crippen molar-refractivity contribution < 1.29 is 4.74 Å². The van der Waals surface area contributed by atoms with Gasteiger partial charge in [-0.1, -0.05) is 26.7 Å². The second-order valence-electron chi connectivity index (χ2n) is 5.92. The third kappa shape index (κ3) is 4.20. The van der Waals surface area contributed by atoms with Crippen molar-refractivity contribution >= 4 is 0 Å². The van der Waals surface area contributed by atoms with Gasteiger partial charge >= 0.3 is 0 Å². The topological polar surface area (TPSA) is 34.1 Å². The van der Waals surface area contributed by atoms with Gasteiger partial charge in [0, 0.05) is 18.3 Å². The smallest absolute Gasteiger partial charge is 0.140 e. The number of ether oxygens (including phenoxy) is 1. The van der Waals surface area contributed by atoms with Gasteiger partial charge in [0.25, 0.3) is 0 Å². The van der Waals surface area contributed by atoms with Crippen molar-refractivity contribution in [2.24, 2.45) is 5.92 Å². The SMILES string of the molecule is CCc1nc(C)ccc1OCCNC1CCCCC1C. The maximum absolute atomic E-state index is 5.88. The van der Waals surface area contributed by atoms with Crippen LogP contribution < -0.4 is 10.1 Å². The highest BCUT2D eigenvalue weighted by molar-refractivity contribution is 5.29. The summed E-state index contributed by atoms with van der Waals surface area (Å²) in [5.41, 5.74) is 2.12. The molecule has 3 nitrogen and oxygen atoms in total. The highest BCUT2D eigenvalue weighted by atomic mass is 16.5. The summed E-state index contributed by atoms with van der Waals surface area (Å²) in [7, 11) is 0. The lowest BCUT2D eigenvalue weighted by atomic mass is 9.86. The first-order chi connectivity index (χ1) is 9.70. The van der Waals surface area contributed by atoms with Gasteiger partial charge in [0.1, 0.15) is 12.4 Å². The number of hydrogen-bond acceptors (Lipinski definition) is 3. The number of hydrogen-bond donors (Lipinski definition) is 1. The molecule has 1 N–H and O–H groups in total. The summed E-state index contributed by atoms with van der Waals surface area (Å²) in [6.07, 6.45) is 6.35. The molecule has 0 amide bonds. The fraction of sp³-hybridized carbons (Fsp3) is 0.706. The fourth-order valence-corrected chi connectivity index (χ4v) is 3.01. The van der Waals surface area contributed by atoms with Crippen molar-refractivity contribution in [3.63, 3.8) is 0 Å². The largest absolute Gasteiger partial charge is 0.490 e. The van der Waals surface area contributed by atoms with E-state index in [1.54, 1.807) is 0 Å². The first-order valence-corrected chi connectivity index (χ1v) is 8.03. The molecule has 20 heavy (non-hydrogen) atoms. The maximum Gasteiger partial charge on any atom is 0.140 e. The van der Waals surface area contributed by atoms with Crippen LogP contribution in [0.1, 0.15) is 50.9 Å². The minimum atomic E-state index is 0.675. The van der Waals surface area contributed by atoms with E-state index in [1.807, 2.05) is 19.1 Å². The van der Waals surface area contributed by atoms with Crippen molar-refractivity contribution in [1.29, 1.82) is 0 Å². The van der Waals surface area contributed by atoms with E-state index in [4.69, 9.17) is 4.74 Å². The predicted molar refractivity (Wildman–Crippen MR) is 83.3 cm³/mol. The van der Waals surface area contributed by atoms with Gasteiger partial charge in [-0.15, -0.1) is 0 Å². The average Bonchev–Trinajstić information content (AvgIpc) is 2.46. The van der Waals surface area contributed by atoms with Crippen LogP contribution in [0.3, 0.4) is 0 Å². The monoisotopic (exact) mass is 276 g/mol. The van der Waals surface area contributed by atoms with Gasteiger partial charge in [0.05, 0.1) is 5.69 Å². The Morgan fingerprint density at radius 2 is 2.10 bits per heavy atom. The van der Waals surface area contributed by atoms with Crippen molar-refractivity contribution in [3.8, 4) is 5.75 Å². The van der Waals surface area contributed by atoms with Crippen LogP contribution in [0.25, 0.3) is 0 Å². The third-order valence-electron chi connectivity index (χ3n) is 4.28. The van der Waals surface area contributed by atoms with Gasteiger partial charge in [-0.2, -0.15) is 0 Å². The third-order valence-corrected chi connectivity index (χ3v) is 4.28. The van der Waals surface area contributed by atoms with Crippen molar-refractivity contribution in [2.45, 2.75) is 58.9 Å². The van der Waals surface area contributed by atoms with E-state index in [2.05, 4.69) is 24.1 Å². The molecule has 0 aliphatic heterocycles. The van der Waals surface area contributed by atoms with Crippen LogP contribution in [0.5, 0.6) is 5.75 Å². The van der Waals surface area contributed by atoms with Crippen LogP contribution >= 0.6 is 0 Å². The minimum Gasteiger partial charge on any atom is -0.490 e. The molecule has 1 aliphatic rings. The molecule has 1 aliphatic carbocycles. The standard InChI is InChI=1S/C17H28N2O/c1-4-15-17(10-9-14(3)19-15)20-12-11-18-16-8-6-5-7-13(16)2/h9-10,13,16,18H,4-8,11-12H2,1-3H3. The Morgan fingerprint density at radius 1 is 1.30 bits per heavy atom. The van der Waals surface area contributed by atoms with E-state index >= 15 is 0 Å². The Balaban J connectivity index is 1.75. The quantitative estimate of drug-likeness (QED) is 0.808.